The summed E-state index contributed by atoms with van der Waals surface area (Å²) in [5.41, 5.74) is 0. The van der Waals surface area contributed by atoms with Gasteiger partial charge in [0.25, 0.3) is 0 Å². The van der Waals surface area contributed by atoms with Gasteiger partial charge in [-0.15, -0.1) is 0 Å². The Hall–Kier alpha value is 1.48. The van der Waals surface area contributed by atoms with E-state index >= 15 is 0 Å². The summed E-state index contributed by atoms with van der Waals surface area (Å²) in [7, 11) is 0. The van der Waals surface area contributed by atoms with Crippen LogP contribution in [-0.4, -0.2) is 11.7 Å². The molecule has 0 aromatic heterocycles. The second kappa shape index (κ2) is 23.6. The van der Waals surface area contributed by atoms with E-state index < -0.39 is 16.2 Å². The topological polar surface area (TPSA) is 54.4 Å². The molecule has 0 rings (SSSR count). The molecule has 0 saturated carbocycles. The van der Waals surface area contributed by atoms with Crippen molar-refractivity contribution in [1.82, 2.24) is 0 Å². The van der Waals surface area contributed by atoms with Crippen LogP contribution in [0.2, 0.25) is 0 Å². The average Bonchev–Trinajstić information content (AvgIpc) is 1.69. The third-order valence-corrected chi connectivity index (χ3v) is 0.224. The Bertz CT molecular complexity index is 50.5. The Labute approximate surface area is 87.9 Å². The van der Waals surface area contributed by atoms with E-state index in [1.807, 2.05) is 6.92 Å². The van der Waals surface area contributed by atoms with Crippen molar-refractivity contribution in [2.75, 3.05) is 6.61 Å². The summed E-state index contributed by atoms with van der Waals surface area (Å²) in [6, 6.07) is 0. The molecule has 0 bridgehead atoms. The Morgan fingerprint density at radius 3 is 1.62 bits per heavy atom. The van der Waals surface area contributed by atoms with Gasteiger partial charge in [0.15, 0.2) is 0 Å². The molecule has 0 amide bonds. The molecule has 0 aliphatic rings. The van der Waals surface area contributed by atoms with Crippen LogP contribution in [0.5, 0.6) is 0 Å². The van der Waals surface area contributed by atoms with Gasteiger partial charge in [0.05, 0.1) is 0 Å². The molecule has 3 nitrogen and oxygen atoms in total. The molecule has 5 heteroatoms. The molecule has 0 heterocycles. The summed E-state index contributed by atoms with van der Waals surface area (Å²) in [6.45, 7) is 2.25. The molecule has 0 aliphatic carbocycles. The van der Waals surface area contributed by atoms with Crippen molar-refractivity contribution in [3.05, 3.63) is 0 Å². The molecule has 0 spiro atoms. The zero-order valence-corrected chi connectivity index (χ0v) is 8.55. The maximum Gasteiger partial charge on any atom is 0 e. The van der Waals surface area contributed by atoms with Gasteiger partial charge in [0.1, 0.15) is 0 Å². The Morgan fingerprint density at radius 1 is 1.50 bits per heavy atom. The zero-order chi connectivity index (χ0) is 6.12. The molecule has 0 saturated heterocycles. The van der Waals surface area contributed by atoms with Crippen molar-refractivity contribution in [2.24, 2.45) is 0 Å². The maximum atomic E-state index is 8.47. The quantitative estimate of drug-likeness (QED) is 0.749. The monoisotopic (exact) mass is 295 g/mol. The third-order valence-electron chi connectivity index (χ3n) is 0.224. The van der Waals surface area contributed by atoms with E-state index in [1.165, 1.54) is 0 Å². The van der Waals surface area contributed by atoms with Crippen molar-refractivity contribution < 1.29 is 69.0 Å². The van der Waals surface area contributed by atoms with Crippen LogP contribution in [0.15, 0.2) is 0 Å². The molecule has 0 unspecified atom stereocenters. The third kappa shape index (κ3) is 51.0. The molecule has 49 valence electrons. The molecular weight excluding hydrogens is 285 g/mol. The summed E-state index contributed by atoms with van der Waals surface area (Å²) in [5, 5.41) is 7.88. The standard InChI is InChI=1S/C3H8O.2O.Sm.V/c1-2-3-4;;;;/h4H,2-3H2,1H3;;;;. The normalized spacial score (nSPS) is 4.75. The molecule has 8 heavy (non-hydrogen) atoms. The van der Waals surface area contributed by atoms with Crippen LogP contribution >= 0.6 is 0 Å². The number of aliphatic hydroxyl groups excluding tert-OH is 1. The molecule has 0 fully saturated rings. The van der Waals surface area contributed by atoms with Gasteiger partial charge in [-0.3, -0.25) is 0 Å². The van der Waals surface area contributed by atoms with Gasteiger partial charge in [0, 0.05) is 47.0 Å². The first-order valence-electron chi connectivity index (χ1n) is 1.89. The Morgan fingerprint density at radius 2 is 1.62 bits per heavy atom. The van der Waals surface area contributed by atoms with Gasteiger partial charge < -0.3 is 5.11 Å². The predicted octanol–water partition coefficient (Wildman–Crippen LogP) is 0.149. The van der Waals surface area contributed by atoms with E-state index in [2.05, 4.69) is 0 Å². The smallest absolute Gasteiger partial charge is 0 e. The van der Waals surface area contributed by atoms with Crippen LogP contribution in [-0.2, 0) is 23.5 Å². The fourth-order valence-electron chi connectivity index (χ4n) is 0. The molecular formula is C3H8O3SmV. The van der Waals surface area contributed by atoms with Crippen molar-refractivity contribution in [1.29, 1.82) is 0 Å². The number of hydrogen-bond donors (Lipinski definition) is 1. The summed E-state index contributed by atoms with van der Waals surface area (Å²) in [4.78, 5) is 0. The summed E-state index contributed by atoms with van der Waals surface area (Å²) in [5.74, 6) is 0. The second-order valence-electron chi connectivity index (χ2n) is 0.798. The van der Waals surface area contributed by atoms with Gasteiger partial charge in [-0.1, -0.05) is 6.92 Å². The minimum Gasteiger partial charge on any atom is 0 e. The van der Waals surface area contributed by atoms with Crippen molar-refractivity contribution in [3.8, 4) is 0 Å². The van der Waals surface area contributed by atoms with Gasteiger partial charge in [0.2, 0.25) is 0 Å². The van der Waals surface area contributed by atoms with Gasteiger partial charge in [-0.25, -0.2) is 0 Å². The Kier molecular flexibility index (Phi) is 48.0. The zero-order valence-electron chi connectivity index (χ0n) is 4.53. The molecule has 0 atom stereocenters. The van der Waals surface area contributed by atoms with Crippen molar-refractivity contribution in [2.45, 2.75) is 13.3 Å². The number of aliphatic hydroxyl groups is 1. The minimum atomic E-state index is -1.81. The van der Waals surface area contributed by atoms with Crippen LogP contribution in [0.3, 0.4) is 0 Å². The maximum absolute atomic E-state index is 8.47. The Balaban J connectivity index is -0.0000000575. The second-order valence-corrected chi connectivity index (χ2v) is 1.03. The van der Waals surface area contributed by atoms with Crippen LogP contribution in [0.1, 0.15) is 13.3 Å². The van der Waals surface area contributed by atoms with Crippen LogP contribution in [0, 0.1) is 40.4 Å². The largest absolute Gasteiger partial charge is 0 e. The van der Waals surface area contributed by atoms with E-state index in [1.54, 1.807) is 0 Å². The molecule has 0 aromatic rings. The first-order valence-corrected chi connectivity index (χ1v) is 3.03. The first-order chi connectivity index (χ1) is 3.33. The molecule has 0 radical (unpaired) electrons. The minimum absolute atomic E-state index is 0. The molecule has 1 N–H and O–H groups in total. The van der Waals surface area contributed by atoms with Crippen LogP contribution in [0.25, 0.3) is 0 Å². The van der Waals surface area contributed by atoms with Gasteiger partial charge in [-0.05, 0) is 6.42 Å². The van der Waals surface area contributed by atoms with Crippen LogP contribution in [0.4, 0.5) is 0 Å². The fourth-order valence-corrected chi connectivity index (χ4v) is 0. The van der Waals surface area contributed by atoms with Crippen LogP contribution < -0.4 is 0 Å². The average molecular weight is 293 g/mol. The van der Waals surface area contributed by atoms with E-state index in [0.717, 1.165) is 6.42 Å². The molecule has 0 aliphatic heterocycles. The van der Waals surface area contributed by atoms with Gasteiger partial charge >= 0.3 is 23.5 Å². The SMILES string of the molecule is CCCO.[O]=[V]=[O].[Sm]. The number of hydrogen-bond acceptors (Lipinski definition) is 3. The summed E-state index contributed by atoms with van der Waals surface area (Å²) in [6.07, 6.45) is 0.875. The van der Waals surface area contributed by atoms with E-state index in [0.29, 0.717) is 6.61 Å². The predicted molar refractivity (Wildman–Crippen MR) is 18.7 cm³/mol. The van der Waals surface area contributed by atoms with Crippen molar-refractivity contribution >= 4 is 0 Å². The number of rotatable bonds is 1. The fraction of sp³-hybridized carbons (Fsp3) is 1.00. The van der Waals surface area contributed by atoms with Gasteiger partial charge in [-0.2, -0.15) is 0 Å². The van der Waals surface area contributed by atoms with E-state index in [4.69, 9.17) is 12.5 Å². The summed E-state index contributed by atoms with van der Waals surface area (Å²) < 4.78 is 16.9. The van der Waals surface area contributed by atoms with Crippen molar-refractivity contribution in [3.63, 3.8) is 0 Å². The first kappa shape index (κ1) is 16.2. The summed E-state index contributed by atoms with van der Waals surface area (Å²) >= 11 is -1.81. The van der Waals surface area contributed by atoms with E-state index in [-0.39, 0.29) is 40.4 Å². The molecule has 0 aromatic carbocycles. The van der Waals surface area contributed by atoms with E-state index in [9.17, 15) is 0 Å².